The molecular formula is C18H20Cl2N2O. The van der Waals surface area contributed by atoms with Gasteiger partial charge in [-0.25, -0.2) is 0 Å². The van der Waals surface area contributed by atoms with Crippen LogP contribution < -0.4 is 5.32 Å². The van der Waals surface area contributed by atoms with Crippen LogP contribution in [0.2, 0.25) is 5.02 Å². The number of hydrogen-bond acceptors (Lipinski definition) is 2. The van der Waals surface area contributed by atoms with Gasteiger partial charge in [-0.2, -0.15) is 0 Å². The molecule has 1 heterocycles. The van der Waals surface area contributed by atoms with Crippen LogP contribution in [-0.2, 0) is 13.1 Å². The molecule has 0 bridgehead atoms. The van der Waals surface area contributed by atoms with Gasteiger partial charge in [0.15, 0.2) is 0 Å². The van der Waals surface area contributed by atoms with Crippen molar-refractivity contribution in [3.05, 3.63) is 69.7 Å². The number of fused-ring (bicyclic) bond motifs is 1. The van der Waals surface area contributed by atoms with Crippen molar-refractivity contribution in [2.45, 2.75) is 26.1 Å². The van der Waals surface area contributed by atoms with Crippen molar-refractivity contribution in [1.82, 2.24) is 10.2 Å². The first-order chi connectivity index (χ1) is 10.6. The van der Waals surface area contributed by atoms with Crippen molar-refractivity contribution >= 4 is 29.9 Å². The van der Waals surface area contributed by atoms with Crippen LogP contribution in [0.1, 0.15) is 40.0 Å². The van der Waals surface area contributed by atoms with E-state index in [1.54, 1.807) is 4.90 Å². The van der Waals surface area contributed by atoms with Crippen molar-refractivity contribution in [2.24, 2.45) is 0 Å². The lowest BCUT2D eigenvalue weighted by Gasteiger charge is -2.25. The van der Waals surface area contributed by atoms with E-state index in [1.807, 2.05) is 56.4 Å². The third-order valence-corrected chi connectivity index (χ3v) is 4.59. The molecule has 1 unspecified atom stereocenters. The molecular weight excluding hydrogens is 331 g/mol. The number of benzene rings is 2. The van der Waals surface area contributed by atoms with Crippen molar-refractivity contribution in [3.8, 4) is 0 Å². The Morgan fingerprint density at radius 3 is 2.48 bits per heavy atom. The van der Waals surface area contributed by atoms with Gasteiger partial charge in [-0.1, -0.05) is 29.8 Å². The second kappa shape index (κ2) is 7.35. The zero-order valence-corrected chi connectivity index (χ0v) is 14.7. The van der Waals surface area contributed by atoms with E-state index >= 15 is 0 Å². The molecule has 0 spiro atoms. The summed E-state index contributed by atoms with van der Waals surface area (Å²) in [6.07, 6.45) is 0. The van der Waals surface area contributed by atoms with E-state index in [1.165, 1.54) is 11.1 Å². The summed E-state index contributed by atoms with van der Waals surface area (Å²) >= 11 is 5.92. The fourth-order valence-electron chi connectivity index (χ4n) is 2.77. The first kappa shape index (κ1) is 17.8. The van der Waals surface area contributed by atoms with E-state index in [9.17, 15) is 4.79 Å². The lowest BCUT2D eigenvalue weighted by molar-refractivity contribution is 0.0742. The Kier molecular flexibility index (Phi) is 5.69. The van der Waals surface area contributed by atoms with Crippen LogP contribution in [0.5, 0.6) is 0 Å². The first-order valence-electron chi connectivity index (χ1n) is 7.41. The molecule has 5 heteroatoms. The normalized spacial score (nSPS) is 13.9. The molecule has 1 amide bonds. The molecule has 122 valence electrons. The molecule has 0 radical (unpaired) electrons. The lowest BCUT2D eigenvalue weighted by atomic mass is 10.0. The van der Waals surface area contributed by atoms with Gasteiger partial charge in [0.2, 0.25) is 0 Å². The summed E-state index contributed by atoms with van der Waals surface area (Å²) in [6.45, 7) is 3.75. The lowest BCUT2D eigenvalue weighted by Crippen LogP contribution is -2.29. The maximum absolute atomic E-state index is 12.7. The van der Waals surface area contributed by atoms with E-state index in [0.717, 1.165) is 24.2 Å². The van der Waals surface area contributed by atoms with Crippen molar-refractivity contribution in [1.29, 1.82) is 0 Å². The zero-order chi connectivity index (χ0) is 15.7. The van der Waals surface area contributed by atoms with Crippen LogP contribution in [-0.4, -0.2) is 17.9 Å². The molecule has 1 aliphatic heterocycles. The molecule has 1 aliphatic rings. The van der Waals surface area contributed by atoms with E-state index in [-0.39, 0.29) is 24.4 Å². The second-order valence-corrected chi connectivity index (χ2v) is 6.17. The molecule has 23 heavy (non-hydrogen) atoms. The van der Waals surface area contributed by atoms with Gasteiger partial charge < -0.3 is 10.2 Å². The highest BCUT2D eigenvalue weighted by molar-refractivity contribution is 6.30. The predicted molar refractivity (Wildman–Crippen MR) is 96.2 cm³/mol. The van der Waals surface area contributed by atoms with Crippen LogP contribution in [0.15, 0.2) is 42.5 Å². The molecule has 3 rings (SSSR count). The third kappa shape index (κ3) is 3.69. The van der Waals surface area contributed by atoms with Gasteiger partial charge in [-0.15, -0.1) is 12.4 Å². The van der Waals surface area contributed by atoms with E-state index in [4.69, 9.17) is 11.6 Å². The highest BCUT2D eigenvalue weighted by Gasteiger charge is 2.20. The molecule has 1 N–H and O–H groups in total. The van der Waals surface area contributed by atoms with Gasteiger partial charge in [0, 0.05) is 30.7 Å². The van der Waals surface area contributed by atoms with Crippen molar-refractivity contribution in [2.75, 3.05) is 7.05 Å². The molecule has 1 atom stereocenters. The van der Waals surface area contributed by atoms with Crippen LogP contribution in [0.4, 0.5) is 0 Å². The number of rotatable bonds is 3. The Labute approximate surface area is 148 Å². The number of hydrogen-bond donors (Lipinski definition) is 1. The summed E-state index contributed by atoms with van der Waals surface area (Å²) < 4.78 is 0. The topological polar surface area (TPSA) is 32.3 Å². The molecule has 2 aromatic rings. The summed E-state index contributed by atoms with van der Waals surface area (Å²) in [7, 11) is 1.84. The first-order valence-corrected chi connectivity index (χ1v) is 7.79. The number of nitrogens with one attached hydrogen (secondary N) is 1. The smallest absolute Gasteiger partial charge is 0.254 e. The second-order valence-electron chi connectivity index (χ2n) is 5.73. The quantitative estimate of drug-likeness (QED) is 0.899. The van der Waals surface area contributed by atoms with E-state index in [2.05, 4.69) is 5.32 Å². The van der Waals surface area contributed by atoms with Crippen molar-refractivity contribution < 1.29 is 4.79 Å². The SMILES string of the molecule is CC(c1ccc(Cl)cc1)N(C)C(=O)c1ccc2c(c1)CNC2.Cl. The van der Waals surface area contributed by atoms with E-state index < -0.39 is 0 Å². The Hall–Kier alpha value is -1.55. The minimum Gasteiger partial charge on any atom is -0.335 e. The number of nitrogens with zero attached hydrogens (tertiary/aromatic N) is 1. The molecule has 0 aliphatic carbocycles. The fourth-order valence-corrected chi connectivity index (χ4v) is 2.90. The molecule has 0 saturated carbocycles. The number of amides is 1. The molecule has 0 aromatic heterocycles. The van der Waals surface area contributed by atoms with Gasteiger partial charge >= 0.3 is 0 Å². The average molecular weight is 351 g/mol. The molecule has 0 saturated heterocycles. The molecule has 2 aromatic carbocycles. The standard InChI is InChI=1S/C18H19ClN2O.ClH/c1-12(13-5-7-17(19)8-6-13)21(2)18(22)14-3-4-15-10-20-11-16(15)9-14;/h3-9,12,20H,10-11H2,1-2H3;1H. The minimum absolute atomic E-state index is 0. The number of carbonyl (C=O) groups excluding carboxylic acids is 1. The average Bonchev–Trinajstić information content (AvgIpc) is 3.01. The van der Waals surface area contributed by atoms with Crippen LogP contribution in [0.3, 0.4) is 0 Å². The maximum Gasteiger partial charge on any atom is 0.254 e. The Morgan fingerprint density at radius 2 is 1.78 bits per heavy atom. The van der Waals surface area contributed by atoms with Crippen LogP contribution in [0.25, 0.3) is 0 Å². The monoisotopic (exact) mass is 350 g/mol. The fraction of sp³-hybridized carbons (Fsp3) is 0.278. The summed E-state index contributed by atoms with van der Waals surface area (Å²) in [6, 6.07) is 13.6. The van der Waals surface area contributed by atoms with E-state index in [0.29, 0.717) is 5.02 Å². The van der Waals surface area contributed by atoms with Gasteiger partial charge in [0.1, 0.15) is 0 Å². The van der Waals surface area contributed by atoms with Gasteiger partial charge in [0.25, 0.3) is 5.91 Å². The number of carbonyl (C=O) groups is 1. The number of halogens is 2. The van der Waals surface area contributed by atoms with Gasteiger partial charge in [-0.05, 0) is 47.9 Å². The Bertz CT molecular complexity index is 701. The van der Waals surface area contributed by atoms with Gasteiger partial charge in [-0.3, -0.25) is 4.79 Å². The Morgan fingerprint density at radius 1 is 1.13 bits per heavy atom. The summed E-state index contributed by atoms with van der Waals surface area (Å²) in [4.78, 5) is 14.5. The summed E-state index contributed by atoms with van der Waals surface area (Å²) in [5, 5.41) is 4.00. The summed E-state index contributed by atoms with van der Waals surface area (Å²) in [5.41, 5.74) is 4.32. The Balaban J connectivity index is 0.00000192. The highest BCUT2D eigenvalue weighted by Crippen LogP contribution is 2.24. The third-order valence-electron chi connectivity index (χ3n) is 4.34. The van der Waals surface area contributed by atoms with Crippen LogP contribution in [0, 0.1) is 0 Å². The largest absolute Gasteiger partial charge is 0.335 e. The summed E-state index contributed by atoms with van der Waals surface area (Å²) in [5.74, 6) is 0.0390. The molecule has 0 fully saturated rings. The maximum atomic E-state index is 12.7. The predicted octanol–water partition coefficient (Wildman–Crippen LogP) is 4.20. The van der Waals surface area contributed by atoms with Crippen LogP contribution >= 0.6 is 24.0 Å². The highest BCUT2D eigenvalue weighted by atomic mass is 35.5. The molecule has 3 nitrogen and oxygen atoms in total. The van der Waals surface area contributed by atoms with Gasteiger partial charge in [0.05, 0.1) is 6.04 Å². The minimum atomic E-state index is -0.00357. The van der Waals surface area contributed by atoms with Crippen molar-refractivity contribution in [3.63, 3.8) is 0 Å². The zero-order valence-electron chi connectivity index (χ0n) is 13.2.